The van der Waals surface area contributed by atoms with Crippen LogP contribution < -0.4 is 0 Å². The molecule has 0 radical (unpaired) electrons. The maximum absolute atomic E-state index is 12.0. The highest BCUT2D eigenvalue weighted by molar-refractivity contribution is 5.94. The number of nitrogens with zero attached hydrogens (tertiary/aromatic N) is 1. The lowest BCUT2D eigenvalue weighted by Gasteiger charge is -2.30. The fourth-order valence-corrected chi connectivity index (χ4v) is 1.88. The van der Waals surface area contributed by atoms with E-state index < -0.39 is 17.2 Å². The van der Waals surface area contributed by atoms with Gasteiger partial charge in [0.25, 0.3) is 0 Å². The molecule has 4 heteroatoms. The Morgan fingerprint density at radius 3 is 2.18 bits per heavy atom. The van der Waals surface area contributed by atoms with Crippen molar-refractivity contribution < 1.29 is 14.3 Å². The predicted octanol–water partition coefficient (Wildman–Crippen LogP) is 2.76. The minimum absolute atomic E-state index is 0.161. The van der Waals surface area contributed by atoms with Gasteiger partial charge < -0.3 is 4.74 Å². The molecule has 1 amide bonds. The minimum Gasteiger partial charge on any atom is -0.444 e. The summed E-state index contributed by atoms with van der Waals surface area (Å²) in [7, 11) is 1.66. The summed E-state index contributed by atoms with van der Waals surface area (Å²) in [4.78, 5) is 25.4. The van der Waals surface area contributed by atoms with Gasteiger partial charge in [-0.1, -0.05) is 6.92 Å². The average molecular weight is 241 g/mol. The van der Waals surface area contributed by atoms with Crippen LogP contribution in [0.4, 0.5) is 4.79 Å². The number of Topliss-reactive ketones (excluding diaryl/α,β-unsaturated/α-hetero) is 1. The monoisotopic (exact) mass is 241 g/mol. The zero-order chi connectivity index (χ0) is 13.3. The number of likely N-dealkylation sites (N-methyl/N-ethyl adjacent to an activating group) is 1. The molecule has 0 spiro atoms. The molecule has 1 rings (SSSR count). The van der Waals surface area contributed by atoms with Crippen LogP contribution in [0, 0.1) is 0 Å². The van der Waals surface area contributed by atoms with Gasteiger partial charge in [0.2, 0.25) is 0 Å². The molecule has 1 fully saturated rings. The Hall–Kier alpha value is -1.06. The van der Waals surface area contributed by atoms with E-state index in [1.165, 1.54) is 4.90 Å². The fourth-order valence-electron chi connectivity index (χ4n) is 1.88. The first-order valence-corrected chi connectivity index (χ1v) is 6.23. The SMILES string of the molecule is CCCC(=O)C1(N(C)C(=O)OC(C)(C)C)CC1. The smallest absolute Gasteiger partial charge is 0.410 e. The van der Waals surface area contributed by atoms with Crippen molar-refractivity contribution in [2.75, 3.05) is 7.05 Å². The number of hydrogen-bond donors (Lipinski definition) is 0. The topological polar surface area (TPSA) is 46.6 Å². The molecule has 0 aliphatic heterocycles. The van der Waals surface area contributed by atoms with Crippen molar-refractivity contribution in [1.29, 1.82) is 0 Å². The van der Waals surface area contributed by atoms with Gasteiger partial charge in [-0.05, 0) is 40.0 Å². The van der Waals surface area contributed by atoms with Gasteiger partial charge in [0.1, 0.15) is 11.1 Å². The third kappa shape index (κ3) is 3.20. The van der Waals surface area contributed by atoms with Crippen LogP contribution >= 0.6 is 0 Å². The van der Waals surface area contributed by atoms with Crippen LogP contribution in [0.15, 0.2) is 0 Å². The Morgan fingerprint density at radius 2 is 1.82 bits per heavy atom. The second-order valence-corrected chi connectivity index (χ2v) is 5.74. The maximum Gasteiger partial charge on any atom is 0.410 e. The van der Waals surface area contributed by atoms with E-state index in [4.69, 9.17) is 4.74 Å². The third-order valence-electron chi connectivity index (χ3n) is 3.03. The van der Waals surface area contributed by atoms with Crippen LogP contribution in [0.1, 0.15) is 53.4 Å². The van der Waals surface area contributed by atoms with E-state index in [0.717, 1.165) is 19.3 Å². The highest BCUT2D eigenvalue weighted by Crippen LogP contribution is 2.43. The molecule has 0 saturated heterocycles. The van der Waals surface area contributed by atoms with Crippen molar-refractivity contribution >= 4 is 11.9 Å². The van der Waals surface area contributed by atoms with Gasteiger partial charge in [-0.2, -0.15) is 0 Å². The Bertz CT molecular complexity index is 313. The van der Waals surface area contributed by atoms with Crippen molar-refractivity contribution in [3.8, 4) is 0 Å². The minimum atomic E-state index is -0.571. The van der Waals surface area contributed by atoms with Gasteiger partial charge in [0, 0.05) is 13.5 Å². The van der Waals surface area contributed by atoms with Crippen molar-refractivity contribution in [3.05, 3.63) is 0 Å². The van der Waals surface area contributed by atoms with Crippen LogP contribution in [0.5, 0.6) is 0 Å². The predicted molar refractivity (Wildman–Crippen MR) is 65.9 cm³/mol. The van der Waals surface area contributed by atoms with Gasteiger partial charge in [-0.3, -0.25) is 9.69 Å². The molecular formula is C13H23NO3. The largest absolute Gasteiger partial charge is 0.444 e. The zero-order valence-electron chi connectivity index (χ0n) is 11.5. The van der Waals surface area contributed by atoms with Crippen molar-refractivity contribution in [2.24, 2.45) is 0 Å². The van der Waals surface area contributed by atoms with E-state index in [2.05, 4.69) is 0 Å². The Morgan fingerprint density at radius 1 is 1.29 bits per heavy atom. The third-order valence-corrected chi connectivity index (χ3v) is 3.03. The van der Waals surface area contributed by atoms with Gasteiger partial charge in [-0.25, -0.2) is 4.79 Å². The van der Waals surface area contributed by atoms with Crippen molar-refractivity contribution in [3.63, 3.8) is 0 Å². The molecule has 1 saturated carbocycles. The van der Waals surface area contributed by atoms with Crippen molar-refractivity contribution in [1.82, 2.24) is 4.90 Å². The van der Waals surface area contributed by atoms with Gasteiger partial charge in [0.05, 0.1) is 0 Å². The first kappa shape index (κ1) is 14.0. The molecule has 17 heavy (non-hydrogen) atoms. The molecule has 0 heterocycles. The van der Waals surface area contributed by atoms with Crippen LogP contribution in [-0.4, -0.2) is 35.0 Å². The van der Waals surface area contributed by atoms with Crippen LogP contribution in [-0.2, 0) is 9.53 Å². The number of hydrogen-bond acceptors (Lipinski definition) is 3. The molecular weight excluding hydrogens is 218 g/mol. The number of carbonyl (C=O) groups is 2. The summed E-state index contributed by atoms with van der Waals surface area (Å²) in [6.45, 7) is 7.45. The number of carbonyl (C=O) groups excluding carboxylic acids is 2. The summed E-state index contributed by atoms with van der Waals surface area (Å²) in [6.07, 6.45) is 2.48. The Balaban J connectivity index is 2.66. The molecule has 0 atom stereocenters. The summed E-state index contributed by atoms with van der Waals surface area (Å²) in [5, 5.41) is 0. The molecule has 0 N–H and O–H groups in total. The summed E-state index contributed by atoms with van der Waals surface area (Å²) in [6, 6.07) is 0. The van der Waals surface area contributed by atoms with E-state index in [9.17, 15) is 9.59 Å². The highest BCUT2D eigenvalue weighted by atomic mass is 16.6. The second kappa shape index (κ2) is 4.67. The van der Waals surface area contributed by atoms with Crippen LogP contribution in [0.2, 0.25) is 0 Å². The van der Waals surface area contributed by atoms with E-state index in [1.807, 2.05) is 27.7 Å². The standard InChI is InChI=1S/C13H23NO3/c1-6-7-10(15)13(8-9-13)14(5)11(16)17-12(2,3)4/h6-9H2,1-5H3. The highest BCUT2D eigenvalue weighted by Gasteiger charge is 2.54. The summed E-state index contributed by atoms with van der Waals surface area (Å²) >= 11 is 0. The molecule has 98 valence electrons. The van der Waals surface area contributed by atoms with E-state index >= 15 is 0 Å². The van der Waals surface area contributed by atoms with E-state index in [-0.39, 0.29) is 5.78 Å². The lowest BCUT2D eigenvalue weighted by atomic mass is 10.1. The number of ether oxygens (including phenoxy) is 1. The first-order valence-electron chi connectivity index (χ1n) is 6.23. The number of rotatable bonds is 4. The average Bonchev–Trinajstić information content (AvgIpc) is 2.95. The van der Waals surface area contributed by atoms with Gasteiger partial charge in [0.15, 0.2) is 5.78 Å². The molecule has 0 aromatic heterocycles. The maximum atomic E-state index is 12.0. The lowest BCUT2D eigenvalue weighted by molar-refractivity contribution is -0.125. The van der Waals surface area contributed by atoms with Gasteiger partial charge >= 0.3 is 6.09 Å². The summed E-state index contributed by atoms with van der Waals surface area (Å²) in [5.41, 5.74) is -1.09. The molecule has 4 nitrogen and oxygen atoms in total. The first-order chi connectivity index (χ1) is 7.73. The normalized spacial score (nSPS) is 17.5. The zero-order valence-corrected chi connectivity index (χ0v) is 11.5. The molecule has 1 aliphatic rings. The molecule has 0 aromatic carbocycles. The second-order valence-electron chi connectivity index (χ2n) is 5.74. The molecule has 1 aliphatic carbocycles. The van der Waals surface area contributed by atoms with Gasteiger partial charge in [-0.15, -0.1) is 0 Å². The van der Waals surface area contributed by atoms with E-state index in [1.54, 1.807) is 7.05 Å². The van der Waals surface area contributed by atoms with Crippen LogP contribution in [0.3, 0.4) is 0 Å². The summed E-state index contributed by atoms with van der Waals surface area (Å²) < 4.78 is 5.29. The van der Waals surface area contributed by atoms with Crippen LogP contribution in [0.25, 0.3) is 0 Å². The lowest BCUT2D eigenvalue weighted by Crippen LogP contribution is -2.46. The molecule has 0 unspecified atom stereocenters. The Labute approximate surface area is 103 Å². The fraction of sp³-hybridized carbons (Fsp3) is 0.846. The summed E-state index contributed by atoms with van der Waals surface area (Å²) in [5.74, 6) is 0.161. The quantitative estimate of drug-likeness (QED) is 0.760. The Kier molecular flexibility index (Phi) is 3.84. The number of amides is 1. The molecule has 0 bridgehead atoms. The van der Waals surface area contributed by atoms with Crippen molar-refractivity contribution in [2.45, 2.75) is 64.5 Å². The molecule has 0 aromatic rings. The number of ketones is 1. The van der Waals surface area contributed by atoms with E-state index in [0.29, 0.717) is 6.42 Å².